The van der Waals surface area contributed by atoms with Crippen LogP contribution in [0.1, 0.15) is 20.3 Å². The number of thioether (sulfide) groups is 1. The van der Waals surface area contributed by atoms with E-state index in [9.17, 15) is 0 Å². The summed E-state index contributed by atoms with van der Waals surface area (Å²) in [5, 5.41) is 0. The second-order valence-electron chi connectivity index (χ2n) is 5.45. The molecule has 0 heterocycles. The van der Waals surface area contributed by atoms with Crippen molar-refractivity contribution in [2.75, 3.05) is 39.5 Å². The third kappa shape index (κ3) is 7.61. The number of nitrogens with zero attached hydrogens (tertiary/aromatic N) is 2. The monoisotopic (exact) mass is 280 g/mol. The first kappa shape index (κ1) is 16.5. The number of hydrogen-bond acceptors (Lipinski definition) is 3. The molecule has 0 amide bonds. The molecule has 0 saturated carbocycles. The van der Waals surface area contributed by atoms with Crippen molar-refractivity contribution in [1.29, 1.82) is 0 Å². The predicted molar refractivity (Wildman–Crippen MR) is 87.0 cm³/mol. The van der Waals surface area contributed by atoms with Crippen LogP contribution in [0.3, 0.4) is 0 Å². The van der Waals surface area contributed by atoms with Gasteiger partial charge in [0.05, 0.1) is 0 Å². The van der Waals surface area contributed by atoms with E-state index in [1.807, 2.05) is 11.8 Å². The maximum Gasteiger partial charge on any atom is 0.0112 e. The zero-order valence-electron chi connectivity index (χ0n) is 12.8. The minimum absolute atomic E-state index is 0.640. The van der Waals surface area contributed by atoms with E-state index in [0.29, 0.717) is 6.04 Å². The Morgan fingerprint density at radius 2 is 1.68 bits per heavy atom. The zero-order valence-corrected chi connectivity index (χ0v) is 13.6. The molecule has 0 atom stereocenters. The number of benzene rings is 1. The normalized spacial score (nSPS) is 11.7. The van der Waals surface area contributed by atoms with Gasteiger partial charge in [0.1, 0.15) is 0 Å². The van der Waals surface area contributed by atoms with E-state index < -0.39 is 0 Å². The molecule has 0 N–H and O–H groups in total. The minimum Gasteiger partial charge on any atom is -0.308 e. The van der Waals surface area contributed by atoms with E-state index in [-0.39, 0.29) is 0 Å². The molecule has 19 heavy (non-hydrogen) atoms. The average Bonchev–Trinajstić information content (AvgIpc) is 2.38. The Morgan fingerprint density at radius 1 is 1.00 bits per heavy atom. The molecule has 0 saturated heterocycles. The highest BCUT2D eigenvalue weighted by Gasteiger charge is 2.09. The summed E-state index contributed by atoms with van der Waals surface area (Å²) < 4.78 is 0. The fourth-order valence-electron chi connectivity index (χ4n) is 1.93. The molecule has 1 aromatic rings. The second-order valence-corrected chi connectivity index (χ2v) is 6.62. The first-order valence-corrected chi connectivity index (χ1v) is 8.15. The number of rotatable bonds is 9. The lowest BCUT2D eigenvalue weighted by molar-refractivity contribution is 0.200. The highest BCUT2D eigenvalue weighted by molar-refractivity contribution is 7.99. The molecule has 1 aromatic carbocycles. The van der Waals surface area contributed by atoms with Gasteiger partial charge in [-0.05, 0) is 58.8 Å². The van der Waals surface area contributed by atoms with Crippen molar-refractivity contribution in [3.8, 4) is 0 Å². The minimum atomic E-state index is 0.640. The van der Waals surface area contributed by atoms with E-state index in [4.69, 9.17) is 0 Å². The van der Waals surface area contributed by atoms with Crippen molar-refractivity contribution >= 4 is 11.8 Å². The molecular formula is C16H28N2S. The fraction of sp³-hybridized carbons (Fsp3) is 0.625. The topological polar surface area (TPSA) is 6.48 Å². The van der Waals surface area contributed by atoms with Crippen LogP contribution >= 0.6 is 11.8 Å². The molecule has 0 aliphatic heterocycles. The molecule has 3 heteroatoms. The number of likely N-dealkylation sites (N-methyl/N-ethyl adjacent to an activating group) is 1. The first-order chi connectivity index (χ1) is 9.09. The lowest BCUT2D eigenvalue weighted by atomic mass is 10.3. The van der Waals surface area contributed by atoms with Crippen molar-refractivity contribution in [2.45, 2.75) is 31.2 Å². The van der Waals surface area contributed by atoms with Gasteiger partial charge in [0.2, 0.25) is 0 Å². The van der Waals surface area contributed by atoms with E-state index in [2.05, 4.69) is 68.1 Å². The second kappa shape index (κ2) is 9.40. The van der Waals surface area contributed by atoms with Crippen LogP contribution in [-0.2, 0) is 0 Å². The van der Waals surface area contributed by atoms with Crippen LogP contribution in [0.2, 0.25) is 0 Å². The maximum atomic E-state index is 2.57. The molecule has 0 bridgehead atoms. The maximum absolute atomic E-state index is 2.57. The van der Waals surface area contributed by atoms with Gasteiger partial charge in [-0.3, -0.25) is 4.90 Å². The van der Waals surface area contributed by atoms with Gasteiger partial charge in [0, 0.05) is 24.0 Å². The van der Waals surface area contributed by atoms with Crippen LogP contribution in [0.5, 0.6) is 0 Å². The van der Waals surface area contributed by atoms with E-state index in [0.717, 1.165) is 6.54 Å². The van der Waals surface area contributed by atoms with Crippen molar-refractivity contribution in [1.82, 2.24) is 9.80 Å². The van der Waals surface area contributed by atoms with Crippen LogP contribution in [-0.4, -0.2) is 55.3 Å². The Hall–Kier alpha value is -0.510. The summed E-state index contributed by atoms with van der Waals surface area (Å²) in [7, 11) is 4.29. The molecule has 0 aliphatic rings. The standard InChI is InChI=1S/C16H28N2S/c1-15(2)18(13-12-17(3)4)11-8-14-19-16-9-6-5-7-10-16/h5-7,9-10,15H,8,11-14H2,1-4H3. The van der Waals surface area contributed by atoms with Gasteiger partial charge in [-0.1, -0.05) is 18.2 Å². The summed E-state index contributed by atoms with van der Waals surface area (Å²) >= 11 is 1.96. The molecule has 2 nitrogen and oxygen atoms in total. The summed E-state index contributed by atoms with van der Waals surface area (Å²) in [5.41, 5.74) is 0. The van der Waals surface area contributed by atoms with Gasteiger partial charge in [0.15, 0.2) is 0 Å². The fourth-order valence-corrected chi connectivity index (χ4v) is 2.79. The summed E-state index contributed by atoms with van der Waals surface area (Å²) in [5.74, 6) is 1.20. The van der Waals surface area contributed by atoms with E-state index in [1.165, 1.54) is 30.2 Å². The molecule has 0 radical (unpaired) electrons. The molecule has 0 fully saturated rings. The van der Waals surface area contributed by atoms with Gasteiger partial charge in [-0.2, -0.15) is 0 Å². The summed E-state index contributed by atoms with van der Waals surface area (Å²) in [6.45, 7) is 8.09. The first-order valence-electron chi connectivity index (χ1n) is 7.16. The zero-order chi connectivity index (χ0) is 14.1. The summed E-state index contributed by atoms with van der Waals surface area (Å²) in [6, 6.07) is 11.3. The predicted octanol–water partition coefficient (Wildman–Crippen LogP) is 3.44. The van der Waals surface area contributed by atoms with Gasteiger partial charge >= 0.3 is 0 Å². The molecule has 0 aliphatic carbocycles. The smallest absolute Gasteiger partial charge is 0.0112 e. The van der Waals surface area contributed by atoms with Gasteiger partial charge in [-0.15, -0.1) is 11.8 Å². The van der Waals surface area contributed by atoms with Crippen LogP contribution in [0, 0.1) is 0 Å². The third-order valence-electron chi connectivity index (χ3n) is 3.17. The van der Waals surface area contributed by atoms with Crippen LogP contribution < -0.4 is 0 Å². The lowest BCUT2D eigenvalue weighted by Crippen LogP contribution is -2.37. The Morgan fingerprint density at radius 3 is 2.26 bits per heavy atom. The Balaban J connectivity index is 2.21. The molecule has 0 unspecified atom stereocenters. The largest absolute Gasteiger partial charge is 0.308 e. The van der Waals surface area contributed by atoms with Crippen LogP contribution in [0.4, 0.5) is 0 Å². The molecular weight excluding hydrogens is 252 g/mol. The summed E-state index contributed by atoms with van der Waals surface area (Å²) in [4.78, 5) is 6.21. The highest BCUT2D eigenvalue weighted by Crippen LogP contribution is 2.18. The lowest BCUT2D eigenvalue weighted by Gasteiger charge is -2.27. The van der Waals surface area contributed by atoms with E-state index in [1.54, 1.807) is 0 Å². The van der Waals surface area contributed by atoms with Crippen molar-refractivity contribution < 1.29 is 0 Å². The van der Waals surface area contributed by atoms with Crippen molar-refractivity contribution in [3.05, 3.63) is 30.3 Å². The third-order valence-corrected chi connectivity index (χ3v) is 4.26. The summed E-state index contributed by atoms with van der Waals surface area (Å²) in [6.07, 6.45) is 1.26. The Labute approximate surface area is 123 Å². The molecule has 0 aromatic heterocycles. The van der Waals surface area contributed by atoms with E-state index >= 15 is 0 Å². The molecule has 0 spiro atoms. The van der Waals surface area contributed by atoms with Crippen molar-refractivity contribution in [2.24, 2.45) is 0 Å². The highest BCUT2D eigenvalue weighted by atomic mass is 32.2. The molecule has 1 rings (SSSR count). The van der Waals surface area contributed by atoms with Crippen molar-refractivity contribution in [3.63, 3.8) is 0 Å². The SMILES string of the molecule is CC(C)N(CCCSc1ccccc1)CCN(C)C. The number of hydrogen-bond donors (Lipinski definition) is 0. The Kier molecular flexibility index (Phi) is 8.19. The average molecular weight is 280 g/mol. The van der Waals surface area contributed by atoms with Crippen LogP contribution in [0.15, 0.2) is 35.2 Å². The molecule has 108 valence electrons. The quantitative estimate of drug-likeness (QED) is 0.505. The van der Waals surface area contributed by atoms with Crippen LogP contribution in [0.25, 0.3) is 0 Å². The van der Waals surface area contributed by atoms with Gasteiger partial charge in [0.25, 0.3) is 0 Å². The van der Waals surface area contributed by atoms with Gasteiger partial charge < -0.3 is 4.90 Å². The Bertz CT molecular complexity index is 325. The van der Waals surface area contributed by atoms with Gasteiger partial charge in [-0.25, -0.2) is 0 Å².